The molecular formula is C16H17ClN6O2S2. The van der Waals surface area contributed by atoms with Gasteiger partial charge in [0.25, 0.3) is 0 Å². The maximum Gasteiger partial charge on any atom is 0.236 e. The Balaban J connectivity index is 1.54. The average molecular weight is 425 g/mol. The summed E-state index contributed by atoms with van der Waals surface area (Å²) in [5, 5.41) is 21.3. The molecule has 1 amide bonds. The summed E-state index contributed by atoms with van der Waals surface area (Å²) in [5.41, 5.74) is 0.947. The topological polar surface area (TPSA) is 94.8 Å². The highest BCUT2D eigenvalue weighted by molar-refractivity contribution is 7.99. The van der Waals surface area contributed by atoms with Crippen LogP contribution in [0.5, 0.6) is 5.75 Å². The molecule has 3 rings (SSSR count). The van der Waals surface area contributed by atoms with Gasteiger partial charge in [0.15, 0.2) is 11.0 Å². The van der Waals surface area contributed by atoms with E-state index in [1.165, 1.54) is 23.1 Å². The number of amides is 1. The molecule has 0 aliphatic carbocycles. The zero-order chi connectivity index (χ0) is 19.4. The van der Waals surface area contributed by atoms with Crippen molar-refractivity contribution in [3.05, 3.63) is 39.6 Å². The van der Waals surface area contributed by atoms with Crippen LogP contribution in [0.3, 0.4) is 0 Å². The van der Waals surface area contributed by atoms with Gasteiger partial charge in [0.2, 0.25) is 11.0 Å². The molecule has 27 heavy (non-hydrogen) atoms. The Bertz CT molecular complexity index is 958. The lowest BCUT2D eigenvalue weighted by Gasteiger charge is -2.09. The first-order valence-electron chi connectivity index (χ1n) is 7.92. The van der Waals surface area contributed by atoms with Crippen molar-refractivity contribution in [2.45, 2.75) is 25.6 Å². The number of hydrogen-bond donors (Lipinski definition) is 1. The Morgan fingerprint density at radius 2 is 2.11 bits per heavy atom. The molecule has 2 heterocycles. The van der Waals surface area contributed by atoms with Gasteiger partial charge in [-0.2, -0.15) is 0 Å². The summed E-state index contributed by atoms with van der Waals surface area (Å²) in [4.78, 5) is 12.0. The molecule has 3 aromatic rings. The molecule has 0 bridgehead atoms. The van der Waals surface area contributed by atoms with Gasteiger partial charge in [-0.05, 0) is 37.6 Å². The number of ether oxygens (including phenoxy) is 1. The van der Waals surface area contributed by atoms with Crippen LogP contribution in [-0.2, 0) is 18.4 Å². The number of benzene rings is 1. The molecule has 11 heteroatoms. The van der Waals surface area contributed by atoms with Crippen LogP contribution in [0.1, 0.15) is 16.4 Å². The van der Waals surface area contributed by atoms with Crippen molar-refractivity contribution in [1.29, 1.82) is 0 Å². The van der Waals surface area contributed by atoms with E-state index >= 15 is 0 Å². The summed E-state index contributed by atoms with van der Waals surface area (Å²) < 4.78 is 7.60. The van der Waals surface area contributed by atoms with Crippen molar-refractivity contribution < 1.29 is 9.53 Å². The fraction of sp³-hybridized carbons (Fsp3) is 0.312. The molecule has 0 atom stereocenters. The first kappa shape index (κ1) is 19.6. The lowest BCUT2D eigenvalue weighted by Crippen LogP contribution is -2.14. The normalized spacial score (nSPS) is 10.8. The minimum absolute atomic E-state index is 0.172. The average Bonchev–Trinajstić information content (AvgIpc) is 3.18. The highest BCUT2D eigenvalue weighted by Crippen LogP contribution is 2.23. The fourth-order valence-electron chi connectivity index (χ4n) is 2.15. The third-order valence-corrected chi connectivity index (χ3v) is 5.53. The second-order valence-electron chi connectivity index (χ2n) is 5.62. The Labute approximate surface area is 169 Å². The number of hydrogen-bond acceptors (Lipinski definition) is 8. The van der Waals surface area contributed by atoms with E-state index in [0.29, 0.717) is 21.1 Å². The molecule has 0 radical (unpaired) electrons. The van der Waals surface area contributed by atoms with Crippen molar-refractivity contribution in [3.8, 4) is 5.75 Å². The Morgan fingerprint density at radius 1 is 1.30 bits per heavy atom. The molecule has 0 saturated carbocycles. The van der Waals surface area contributed by atoms with Crippen LogP contribution in [0.2, 0.25) is 5.02 Å². The van der Waals surface area contributed by atoms with Crippen LogP contribution in [0.15, 0.2) is 23.4 Å². The minimum Gasteiger partial charge on any atom is -0.485 e. The largest absolute Gasteiger partial charge is 0.485 e. The number of thioether (sulfide) groups is 1. The number of aryl methyl sites for hydroxylation is 2. The second kappa shape index (κ2) is 8.68. The number of nitrogens with one attached hydrogen (secondary N) is 1. The van der Waals surface area contributed by atoms with Gasteiger partial charge in [-0.1, -0.05) is 34.7 Å². The SMILES string of the molecule is Cc1nnc(NC(=O)CSc2nnc(COc3ccc(Cl)cc3C)n2C)s1. The summed E-state index contributed by atoms with van der Waals surface area (Å²) in [7, 11) is 1.84. The predicted molar refractivity (Wildman–Crippen MR) is 106 cm³/mol. The first-order chi connectivity index (χ1) is 12.9. The van der Waals surface area contributed by atoms with Crippen molar-refractivity contribution in [1.82, 2.24) is 25.0 Å². The summed E-state index contributed by atoms with van der Waals surface area (Å²) in [6.07, 6.45) is 0. The monoisotopic (exact) mass is 424 g/mol. The number of anilines is 1. The van der Waals surface area contributed by atoms with E-state index < -0.39 is 0 Å². The number of carbonyl (C=O) groups is 1. The highest BCUT2D eigenvalue weighted by Gasteiger charge is 2.13. The maximum atomic E-state index is 12.0. The standard InChI is InChI=1S/C16H17ClN6O2S2/c1-9-6-11(17)4-5-12(9)25-7-13-20-22-16(23(13)3)26-8-14(24)18-15-21-19-10(2)27-15/h4-6H,7-8H2,1-3H3,(H,18,21,24). The van der Waals surface area contributed by atoms with E-state index in [1.807, 2.05) is 33.0 Å². The van der Waals surface area contributed by atoms with Crippen LogP contribution in [-0.4, -0.2) is 36.6 Å². The Hall–Kier alpha value is -2.17. The quantitative estimate of drug-likeness (QED) is 0.581. The molecule has 0 spiro atoms. The van der Waals surface area contributed by atoms with Gasteiger partial charge < -0.3 is 9.30 Å². The Kier molecular flexibility index (Phi) is 6.30. The van der Waals surface area contributed by atoms with E-state index in [1.54, 1.807) is 10.6 Å². The first-order valence-corrected chi connectivity index (χ1v) is 10.1. The molecule has 0 aliphatic heterocycles. The van der Waals surface area contributed by atoms with Crippen molar-refractivity contribution in [3.63, 3.8) is 0 Å². The lowest BCUT2D eigenvalue weighted by molar-refractivity contribution is -0.113. The lowest BCUT2D eigenvalue weighted by atomic mass is 10.2. The van der Waals surface area contributed by atoms with E-state index in [4.69, 9.17) is 16.3 Å². The van der Waals surface area contributed by atoms with Crippen LogP contribution in [0.25, 0.3) is 0 Å². The molecule has 0 unspecified atom stereocenters. The van der Waals surface area contributed by atoms with Crippen molar-refractivity contribution in [2.24, 2.45) is 7.05 Å². The van der Waals surface area contributed by atoms with E-state index in [-0.39, 0.29) is 18.3 Å². The molecule has 0 saturated heterocycles. The van der Waals surface area contributed by atoms with Crippen LogP contribution in [0.4, 0.5) is 5.13 Å². The predicted octanol–water partition coefficient (Wildman–Crippen LogP) is 3.25. The summed E-state index contributed by atoms with van der Waals surface area (Å²) in [6.45, 7) is 4.02. The minimum atomic E-state index is -0.172. The number of nitrogens with zero attached hydrogens (tertiary/aromatic N) is 5. The van der Waals surface area contributed by atoms with Gasteiger partial charge in [0.05, 0.1) is 5.75 Å². The summed E-state index contributed by atoms with van der Waals surface area (Å²) in [5.74, 6) is 1.42. The van der Waals surface area contributed by atoms with Crippen LogP contribution >= 0.6 is 34.7 Å². The number of carbonyl (C=O) groups excluding carboxylic acids is 1. The number of halogens is 1. The van der Waals surface area contributed by atoms with E-state index in [2.05, 4.69) is 25.7 Å². The van der Waals surface area contributed by atoms with Crippen molar-refractivity contribution >= 4 is 45.7 Å². The second-order valence-corrected chi connectivity index (χ2v) is 8.18. The molecular weight excluding hydrogens is 408 g/mol. The van der Waals surface area contributed by atoms with Gasteiger partial charge in [-0.15, -0.1) is 20.4 Å². The van der Waals surface area contributed by atoms with Crippen molar-refractivity contribution in [2.75, 3.05) is 11.1 Å². The smallest absolute Gasteiger partial charge is 0.236 e. The van der Waals surface area contributed by atoms with Gasteiger partial charge in [0.1, 0.15) is 17.4 Å². The van der Waals surface area contributed by atoms with Gasteiger partial charge in [0, 0.05) is 12.1 Å². The van der Waals surface area contributed by atoms with Crippen LogP contribution < -0.4 is 10.1 Å². The van der Waals surface area contributed by atoms with E-state index in [9.17, 15) is 4.79 Å². The highest BCUT2D eigenvalue weighted by atomic mass is 35.5. The van der Waals surface area contributed by atoms with E-state index in [0.717, 1.165) is 16.3 Å². The zero-order valence-electron chi connectivity index (χ0n) is 14.9. The summed E-state index contributed by atoms with van der Waals surface area (Å²) in [6, 6.07) is 5.44. The summed E-state index contributed by atoms with van der Waals surface area (Å²) >= 11 is 8.57. The molecule has 142 valence electrons. The Morgan fingerprint density at radius 3 is 2.81 bits per heavy atom. The third kappa shape index (κ3) is 5.18. The molecule has 0 fully saturated rings. The molecule has 8 nitrogen and oxygen atoms in total. The van der Waals surface area contributed by atoms with Gasteiger partial charge in [-0.25, -0.2) is 0 Å². The van der Waals surface area contributed by atoms with Gasteiger partial charge in [-0.3, -0.25) is 10.1 Å². The maximum absolute atomic E-state index is 12.0. The third-order valence-electron chi connectivity index (χ3n) is 3.52. The molecule has 0 aliphatic rings. The molecule has 2 aromatic heterocycles. The van der Waals surface area contributed by atoms with Crippen LogP contribution in [0, 0.1) is 13.8 Å². The fourth-order valence-corrected chi connectivity index (χ4v) is 3.71. The number of aromatic nitrogens is 5. The van der Waals surface area contributed by atoms with Gasteiger partial charge >= 0.3 is 0 Å². The number of rotatable bonds is 7. The molecule has 1 aromatic carbocycles. The molecule has 1 N–H and O–H groups in total. The zero-order valence-corrected chi connectivity index (χ0v) is 17.3.